The van der Waals surface area contributed by atoms with Crippen molar-refractivity contribution in [2.45, 2.75) is 20.8 Å². The molecule has 0 N–H and O–H groups in total. The number of anilines is 2. The predicted molar refractivity (Wildman–Crippen MR) is 141 cm³/mol. The molecule has 0 bridgehead atoms. The van der Waals surface area contributed by atoms with Gasteiger partial charge in [0.25, 0.3) is 0 Å². The molecule has 0 atom stereocenters. The van der Waals surface area contributed by atoms with Crippen LogP contribution in [0, 0.1) is 13.8 Å². The first kappa shape index (κ1) is 23.1. The number of benzene rings is 4. The molecule has 170 valence electrons. The molecule has 0 aromatic heterocycles. The fourth-order valence-electron chi connectivity index (χ4n) is 3.94. The highest BCUT2D eigenvalue weighted by Crippen LogP contribution is 2.39. The van der Waals surface area contributed by atoms with E-state index in [1.807, 2.05) is 67.6 Å². The summed E-state index contributed by atoms with van der Waals surface area (Å²) in [6.45, 7) is 6.27. The van der Waals surface area contributed by atoms with E-state index < -0.39 is 0 Å². The summed E-state index contributed by atoms with van der Waals surface area (Å²) in [4.78, 5) is 15.7. The molecule has 0 unspecified atom stereocenters. The van der Waals surface area contributed by atoms with Crippen LogP contribution in [-0.4, -0.2) is 12.6 Å². The Morgan fingerprint density at radius 2 is 1.09 bits per heavy atom. The van der Waals surface area contributed by atoms with E-state index in [0.717, 1.165) is 28.2 Å². The van der Waals surface area contributed by atoms with Crippen molar-refractivity contribution >= 4 is 28.6 Å². The highest BCUT2D eigenvalue weighted by atomic mass is 16.5. The lowest BCUT2D eigenvalue weighted by Gasteiger charge is -2.30. The zero-order valence-electron chi connectivity index (χ0n) is 19.9. The Bertz CT molecular complexity index is 1210. The molecule has 0 radical (unpaired) electrons. The number of aryl methyl sites for hydroxylation is 2. The molecule has 4 aromatic rings. The number of ether oxygens (including phenoxy) is 1. The van der Waals surface area contributed by atoms with E-state index in [9.17, 15) is 4.79 Å². The summed E-state index contributed by atoms with van der Waals surface area (Å²) >= 11 is 0. The summed E-state index contributed by atoms with van der Waals surface area (Å²) in [7, 11) is 0. The van der Waals surface area contributed by atoms with Gasteiger partial charge in [-0.15, -0.1) is 0 Å². The minimum absolute atomic E-state index is 0.298. The van der Waals surface area contributed by atoms with Crippen LogP contribution < -0.4 is 4.90 Å². The second kappa shape index (κ2) is 10.7. The number of carbonyl (C=O) groups excluding carboxylic acids is 1. The van der Waals surface area contributed by atoms with Gasteiger partial charge in [-0.2, -0.15) is 0 Å². The van der Waals surface area contributed by atoms with Gasteiger partial charge in [0, 0.05) is 11.4 Å². The zero-order valence-corrected chi connectivity index (χ0v) is 19.9. The SMILES string of the molecule is CCOC(=O)/C(=C(/c1ccccc1)N(c1ccc(C)cc1)c1ccc(C)cc1)c1ccccc1. The van der Waals surface area contributed by atoms with Crippen LogP contribution in [0.3, 0.4) is 0 Å². The van der Waals surface area contributed by atoms with Gasteiger partial charge >= 0.3 is 5.97 Å². The molecular formula is C31H29NO2. The lowest BCUT2D eigenvalue weighted by Crippen LogP contribution is -2.21. The number of rotatable bonds is 7. The third-order valence-corrected chi connectivity index (χ3v) is 5.63. The van der Waals surface area contributed by atoms with Gasteiger partial charge in [-0.1, -0.05) is 96.1 Å². The lowest BCUT2D eigenvalue weighted by atomic mass is 9.97. The van der Waals surface area contributed by atoms with E-state index in [2.05, 4.69) is 67.3 Å². The molecule has 0 aliphatic heterocycles. The van der Waals surface area contributed by atoms with E-state index in [-0.39, 0.29) is 5.97 Å². The van der Waals surface area contributed by atoms with Crippen LogP contribution in [0.5, 0.6) is 0 Å². The summed E-state index contributed by atoms with van der Waals surface area (Å²) in [5.74, 6) is -0.350. The third-order valence-electron chi connectivity index (χ3n) is 5.63. The second-order valence-corrected chi connectivity index (χ2v) is 8.18. The Hall–Kier alpha value is -4.11. The molecule has 0 fully saturated rings. The number of nitrogens with zero attached hydrogens (tertiary/aromatic N) is 1. The Morgan fingerprint density at radius 3 is 1.53 bits per heavy atom. The molecule has 0 saturated carbocycles. The average Bonchev–Trinajstić information content (AvgIpc) is 2.87. The minimum Gasteiger partial charge on any atom is -0.462 e. The first-order chi connectivity index (χ1) is 16.6. The van der Waals surface area contributed by atoms with Gasteiger partial charge in [0.15, 0.2) is 0 Å². The summed E-state index contributed by atoms with van der Waals surface area (Å²) in [5, 5.41) is 0. The lowest BCUT2D eigenvalue weighted by molar-refractivity contribution is -0.136. The molecule has 4 aromatic carbocycles. The van der Waals surface area contributed by atoms with Crippen molar-refractivity contribution in [1.82, 2.24) is 0 Å². The Kier molecular flexibility index (Phi) is 7.24. The summed E-state index contributed by atoms with van der Waals surface area (Å²) in [6, 6.07) is 36.5. The van der Waals surface area contributed by atoms with Crippen LogP contribution in [0.4, 0.5) is 11.4 Å². The van der Waals surface area contributed by atoms with E-state index in [1.54, 1.807) is 0 Å². The fraction of sp³-hybridized carbons (Fsp3) is 0.129. The van der Waals surface area contributed by atoms with Crippen LogP contribution in [0.15, 0.2) is 109 Å². The summed E-state index contributed by atoms with van der Waals surface area (Å²) in [6.07, 6.45) is 0. The van der Waals surface area contributed by atoms with Gasteiger partial charge < -0.3 is 9.64 Å². The van der Waals surface area contributed by atoms with Crippen LogP contribution >= 0.6 is 0 Å². The van der Waals surface area contributed by atoms with E-state index in [0.29, 0.717) is 12.2 Å². The zero-order chi connectivity index (χ0) is 23.9. The largest absolute Gasteiger partial charge is 0.462 e. The van der Waals surface area contributed by atoms with Crippen molar-refractivity contribution in [3.05, 3.63) is 131 Å². The van der Waals surface area contributed by atoms with E-state index in [1.165, 1.54) is 11.1 Å². The predicted octanol–water partition coefficient (Wildman–Crippen LogP) is 7.57. The molecule has 0 aliphatic rings. The Labute approximate surface area is 202 Å². The maximum absolute atomic E-state index is 13.5. The maximum Gasteiger partial charge on any atom is 0.340 e. The van der Waals surface area contributed by atoms with Crippen molar-refractivity contribution in [2.24, 2.45) is 0 Å². The molecule has 34 heavy (non-hydrogen) atoms. The van der Waals surface area contributed by atoms with Gasteiger partial charge in [-0.05, 0) is 56.2 Å². The number of hydrogen-bond acceptors (Lipinski definition) is 3. The monoisotopic (exact) mass is 447 g/mol. The molecule has 4 rings (SSSR count). The van der Waals surface area contributed by atoms with Crippen LogP contribution in [-0.2, 0) is 9.53 Å². The summed E-state index contributed by atoms with van der Waals surface area (Å²) in [5.41, 5.74) is 7.31. The average molecular weight is 448 g/mol. The highest BCUT2D eigenvalue weighted by Gasteiger charge is 2.26. The van der Waals surface area contributed by atoms with E-state index >= 15 is 0 Å². The van der Waals surface area contributed by atoms with Crippen molar-refractivity contribution in [3.63, 3.8) is 0 Å². The van der Waals surface area contributed by atoms with Gasteiger partial charge in [0.1, 0.15) is 0 Å². The first-order valence-corrected chi connectivity index (χ1v) is 11.5. The van der Waals surface area contributed by atoms with Gasteiger partial charge in [-0.3, -0.25) is 0 Å². The molecule has 0 spiro atoms. The highest BCUT2D eigenvalue weighted by molar-refractivity contribution is 6.26. The van der Waals surface area contributed by atoms with Crippen molar-refractivity contribution in [2.75, 3.05) is 11.5 Å². The Morgan fingerprint density at radius 1 is 0.647 bits per heavy atom. The van der Waals surface area contributed by atoms with Crippen LogP contribution in [0.25, 0.3) is 11.3 Å². The molecule has 0 aliphatic carbocycles. The topological polar surface area (TPSA) is 29.5 Å². The fourth-order valence-corrected chi connectivity index (χ4v) is 3.94. The van der Waals surface area contributed by atoms with Crippen LogP contribution in [0.1, 0.15) is 29.2 Å². The number of carbonyl (C=O) groups is 1. The van der Waals surface area contributed by atoms with Gasteiger partial charge in [0.2, 0.25) is 0 Å². The normalized spacial score (nSPS) is 11.5. The Balaban J connectivity index is 2.10. The van der Waals surface area contributed by atoms with Gasteiger partial charge in [0.05, 0.1) is 17.9 Å². The molecule has 3 nitrogen and oxygen atoms in total. The third kappa shape index (κ3) is 5.10. The molecule has 0 saturated heterocycles. The standard InChI is InChI=1S/C31H29NO2/c1-4-34-31(33)29(25-11-7-5-8-12-25)30(26-13-9-6-10-14-26)32(27-19-15-23(2)16-20-27)28-21-17-24(3)18-22-28/h5-22H,4H2,1-3H3/b30-29-. The van der Waals surface area contributed by atoms with Crippen molar-refractivity contribution in [1.29, 1.82) is 0 Å². The van der Waals surface area contributed by atoms with Crippen LogP contribution in [0.2, 0.25) is 0 Å². The maximum atomic E-state index is 13.5. The molecule has 0 heterocycles. The number of esters is 1. The van der Waals surface area contributed by atoms with Gasteiger partial charge in [-0.25, -0.2) is 4.79 Å². The summed E-state index contributed by atoms with van der Waals surface area (Å²) < 4.78 is 5.60. The van der Waals surface area contributed by atoms with E-state index in [4.69, 9.17) is 4.74 Å². The molecule has 0 amide bonds. The molecular weight excluding hydrogens is 418 g/mol. The minimum atomic E-state index is -0.350. The quantitative estimate of drug-likeness (QED) is 0.166. The second-order valence-electron chi connectivity index (χ2n) is 8.18. The molecule has 3 heteroatoms. The van der Waals surface area contributed by atoms with Crippen molar-refractivity contribution in [3.8, 4) is 0 Å². The first-order valence-electron chi connectivity index (χ1n) is 11.5. The number of hydrogen-bond donors (Lipinski definition) is 0. The van der Waals surface area contributed by atoms with Crippen molar-refractivity contribution < 1.29 is 9.53 Å². The smallest absolute Gasteiger partial charge is 0.340 e.